The third-order valence-electron chi connectivity index (χ3n) is 3.30. The van der Waals surface area contributed by atoms with Crippen LogP contribution in [0.15, 0.2) is 41.8 Å². The Hall–Kier alpha value is -3.27. The fourth-order valence-corrected chi connectivity index (χ4v) is 2.90. The van der Waals surface area contributed by atoms with Crippen molar-refractivity contribution in [1.82, 2.24) is 25.6 Å². The van der Waals surface area contributed by atoms with Crippen LogP contribution >= 0.6 is 11.3 Å². The van der Waals surface area contributed by atoms with Crippen LogP contribution < -0.4 is 10.9 Å². The molecule has 3 rings (SSSR count). The molecular weight excluding hydrogens is 385 g/mol. The van der Waals surface area contributed by atoms with Crippen molar-refractivity contribution in [3.63, 3.8) is 0 Å². The Kier molecular flexibility index (Phi) is 5.41. The van der Waals surface area contributed by atoms with Gasteiger partial charge in [0.2, 0.25) is 5.82 Å². The summed E-state index contributed by atoms with van der Waals surface area (Å²) in [5.74, 6) is -0.849. The first-order valence-electron chi connectivity index (χ1n) is 8.29. The number of hydrogen-bond acceptors (Lipinski definition) is 6. The number of nitrogens with one attached hydrogen (secondary N) is 2. The first-order chi connectivity index (χ1) is 13.2. The molecule has 10 heteroatoms. The second-order valence-electron chi connectivity index (χ2n) is 6.71. The number of thiophene rings is 1. The minimum Gasteiger partial charge on any atom is -0.443 e. The Morgan fingerprint density at radius 2 is 1.86 bits per heavy atom. The third kappa shape index (κ3) is 4.71. The number of benzene rings is 1. The largest absolute Gasteiger partial charge is 0.443 e. The normalized spacial score (nSPS) is 11.1. The molecule has 0 saturated carbocycles. The van der Waals surface area contributed by atoms with Gasteiger partial charge in [0.1, 0.15) is 11.4 Å². The summed E-state index contributed by atoms with van der Waals surface area (Å²) in [4.78, 5) is 29.1. The monoisotopic (exact) mass is 403 g/mol. The number of carbonyl (C=O) groups is 2. The lowest BCUT2D eigenvalue weighted by atomic mass is 10.2. The van der Waals surface area contributed by atoms with Gasteiger partial charge < -0.3 is 4.74 Å². The number of amides is 2. The molecule has 146 valence electrons. The van der Waals surface area contributed by atoms with Crippen LogP contribution in [0.25, 0.3) is 16.4 Å². The van der Waals surface area contributed by atoms with Gasteiger partial charge in [-0.15, -0.1) is 16.4 Å². The van der Waals surface area contributed by atoms with Crippen LogP contribution in [0, 0.1) is 5.82 Å². The molecule has 0 aliphatic carbocycles. The zero-order chi connectivity index (χ0) is 20.3. The van der Waals surface area contributed by atoms with Crippen LogP contribution in [-0.2, 0) is 4.74 Å². The van der Waals surface area contributed by atoms with Gasteiger partial charge in [-0.2, -0.15) is 0 Å². The highest BCUT2D eigenvalue weighted by molar-refractivity contribution is 7.13. The SMILES string of the molecule is CC(C)(C)OC(=O)NNC(=O)c1nc(-c2cccs2)n(-c2ccc(F)cc2)n1. The summed E-state index contributed by atoms with van der Waals surface area (Å²) in [6.45, 7) is 5.11. The highest BCUT2D eigenvalue weighted by Gasteiger charge is 2.21. The average Bonchev–Trinajstić information content (AvgIpc) is 3.28. The molecule has 0 saturated heterocycles. The molecular formula is C18H18FN5O3S. The Balaban J connectivity index is 1.84. The van der Waals surface area contributed by atoms with Crippen LogP contribution in [0.5, 0.6) is 0 Å². The summed E-state index contributed by atoms with van der Waals surface area (Å²) >= 11 is 1.42. The van der Waals surface area contributed by atoms with Crippen molar-refractivity contribution in [2.24, 2.45) is 0 Å². The number of halogens is 1. The molecule has 0 atom stereocenters. The summed E-state index contributed by atoms with van der Waals surface area (Å²) in [5.41, 5.74) is 4.19. The molecule has 3 aromatic rings. The second-order valence-corrected chi connectivity index (χ2v) is 7.65. The van der Waals surface area contributed by atoms with E-state index >= 15 is 0 Å². The van der Waals surface area contributed by atoms with Crippen LogP contribution in [0.3, 0.4) is 0 Å². The van der Waals surface area contributed by atoms with Gasteiger partial charge in [-0.3, -0.25) is 10.2 Å². The maximum Gasteiger partial charge on any atom is 0.426 e. The first kappa shape index (κ1) is 19.5. The smallest absolute Gasteiger partial charge is 0.426 e. The molecule has 0 aliphatic rings. The van der Waals surface area contributed by atoms with Gasteiger partial charge in [-0.1, -0.05) is 6.07 Å². The van der Waals surface area contributed by atoms with E-state index in [0.29, 0.717) is 11.5 Å². The molecule has 0 spiro atoms. The maximum atomic E-state index is 13.2. The summed E-state index contributed by atoms with van der Waals surface area (Å²) in [5, 5.41) is 6.07. The van der Waals surface area contributed by atoms with Gasteiger partial charge >= 0.3 is 12.0 Å². The van der Waals surface area contributed by atoms with E-state index < -0.39 is 17.6 Å². The minimum atomic E-state index is -0.808. The fourth-order valence-electron chi connectivity index (χ4n) is 2.20. The van der Waals surface area contributed by atoms with Gasteiger partial charge in [-0.25, -0.2) is 24.3 Å². The second kappa shape index (κ2) is 7.77. The minimum absolute atomic E-state index is 0.163. The van der Waals surface area contributed by atoms with Gasteiger partial charge in [0.05, 0.1) is 10.6 Å². The van der Waals surface area contributed by atoms with E-state index in [2.05, 4.69) is 20.9 Å². The van der Waals surface area contributed by atoms with Crippen LogP contribution in [0.1, 0.15) is 31.4 Å². The number of nitrogens with zero attached hydrogens (tertiary/aromatic N) is 3. The molecule has 2 amide bonds. The predicted molar refractivity (Wildman–Crippen MR) is 101 cm³/mol. The molecule has 0 bridgehead atoms. The van der Waals surface area contributed by atoms with Gasteiger partial charge in [0.15, 0.2) is 5.82 Å². The zero-order valence-electron chi connectivity index (χ0n) is 15.4. The van der Waals surface area contributed by atoms with Crippen LogP contribution in [0.2, 0.25) is 0 Å². The predicted octanol–water partition coefficient (Wildman–Crippen LogP) is 3.30. The van der Waals surface area contributed by atoms with Crippen LogP contribution in [0.4, 0.5) is 9.18 Å². The number of rotatable bonds is 3. The Morgan fingerprint density at radius 3 is 2.46 bits per heavy atom. The Labute approximate surface area is 164 Å². The van der Waals surface area contributed by atoms with Crippen molar-refractivity contribution in [2.45, 2.75) is 26.4 Å². The Bertz CT molecular complexity index is 978. The standard InChI is InChI=1S/C18H18FN5O3S/c1-18(2,3)27-17(26)22-21-16(25)14-20-15(13-5-4-10-28-13)24(23-14)12-8-6-11(19)7-9-12/h4-10H,1-3H3,(H,21,25)(H,22,26). The van der Waals surface area contributed by atoms with E-state index in [0.717, 1.165) is 4.88 Å². The van der Waals surface area contributed by atoms with E-state index in [1.165, 1.54) is 40.3 Å². The molecule has 2 heterocycles. The molecule has 28 heavy (non-hydrogen) atoms. The lowest BCUT2D eigenvalue weighted by molar-refractivity contribution is 0.0482. The molecule has 2 N–H and O–H groups in total. The summed E-state index contributed by atoms with van der Waals surface area (Å²) in [6.07, 6.45) is -0.808. The first-order valence-corrected chi connectivity index (χ1v) is 9.17. The zero-order valence-corrected chi connectivity index (χ0v) is 16.2. The van der Waals surface area contributed by atoms with Crippen LogP contribution in [-0.4, -0.2) is 32.4 Å². The van der Waals surface area contributed by atoms with Gasteiger partial charge in [-0.05, 0) is 56.5 Å². The van der Waals surface area contributed by atoms with Gasteiger partial charge in [0, 0.05) is 0 Å². The Morgan fingerprint density at radius 1 is 1.14 bits per heavy atom. The van der Waals surface area contributed by atoms with Crippen molar-refractivity contribution in [3.8, 4) is 16.4 Å². The summed E-state index contributed by atoms with van der Waals surface area (Å²) < 4.78 is 19.7. The molecule has 8 nitrogen and oxygen atoms in total. The highest BCUT2D eigenvalue weighted by atomic mass is 32.1. The van der Waals surface area contributed by atoms with Gasteiger partial charge in [0.25, 0.3) is 0 Å². The molecule has 0 unspecified atom stereocenters. The lowest BCUT2D eigenvalue weighted by Crippen LogP contribution is -2.44. The molecule has 2 aromatic heterocycles. The summed E-state index contributed by atoms with van der Waals surface area (Å²) in [7, 11) is 0. The van der Waals surface area contributed by atoms with E-state index in [4.69, 9.17) is 4.74 Å². The number of carbonyl (C=O) groups excluding carboxylic acids is 2. The van der Waals surface area contributed by atoms with Crippen molar-refractivity contribution < 1.29 is 18.7 Å². The average molecular weight is 403 g/mol. The number of hydrogen-bond donors (Lipinski definition) is 2. The quantitative estimate of drug-likeness (QED) is 0.654. The molecule has 0 aliphatic heterocycles. The third-order valence-corrected chi connectivity index (χ3v) is 4.17. The molecule has 1 aromatic carbocycles. The number of ether oxygens (including phenoxy) is 1. The summed E-state index contributed by atoms with van der Waals surface area (Å²) in [6, 6.07) is 9.31. The lowest BCUT2D eigenvalue weighted by Gasteiger charge is -2.19. The van der Waals surface area contributed by atoms with E-state index in [9.17, 15) is 14.0 Å². The van der Waals surface area contributed by atoms with E-state index in [1.807, 2.05) is 17.5 Å². The molecule has 0 radical (unpaired) electrons. The van der Waals surface area contributed by atoms with Crippen molar-refractivity contribution >= 4 is 23.3 Å². The fraction of sp³-hybridized carbons (Fsp3) is 0.222. The van der Waals surface area contributed by atoms with Crippen molar-refractivity contribution in [1.29, 1.82) is 0 Å². The maximum absolute atomic E-state index is 13.2. The number of aromatic nitrogens is 3. The highest BCUT2D eigenvalue weighted by Crippen LogP contribution is 2.25. The molecule has 0 fully saturated rings. The van der Waals surface area contributed by atoms with Crippen molar-refractivity contribution in [2.75, 3.05) is 0 Å². The van der Waals surface area contributed by atoms with Crippen molar-refractivity contribution in [3.05, 3.63) is 53.4 Å². The van der Waals surface area contributed by atoms with E-state index in [-0.39, 0.29) is 11.6 Å². The van der Waals surface area contributed by atoms with E-state index in [1.54, 1.807) is 20.8 Å². The number of hydrazine groups is 1. The topological polar surface area (TPSA) is 98.1 Å².